The van der Waals surface area contributed by atoms with Crippen molar-refractivity contribution in [2.75, 3.05) is 0 Å². The summed E-state index contributed by atoms with van der Waals surface area (Å²) in [4.78, 5) is 16.8. The molecule has 1 N–H and O–H groups in total. The van der Waals surface area contributed by atoms with Crippen LogP contribution in [0.15, 0.2) is 53.6 Å². The van der Waals surface area contributed by atoms with Gasteiger partial charge < -0.3 is 9.84 Å². The van der Waals surface area contributed by atoms with Crippen molar-refractivity contribution in [3.8, 4) is 5.75 Å². The van der Waals surface area contributed by atoms with Gasteiger partial charge in [0.15, 0.2) is 5.60 Å². The zero-order valence-electron chi connectivity index (χ0n) is 23.8. The number of hydrogen-bond acceptors (Lipinski definition) is 5. The zero-order valence-corrected chi connectivity index (χ0v) is 24.6. The van der Waals surface area contributed by atoms with Crippen LogP contribution in [-0.4, -0.2) is 34.1 Å². The molecule has 0 saturated carbocycles. The first-order chi connectivity index (χ1) is 18.1. The fourth-order valence-electron chi connectivity index (χ4n) is 4.66. The van der Waals surface area contributed by atoms with E-state index in [4.69, 9.17) is 9.72 Å². The molecule has 0 fully saturated rings. The van der Waals surface area contributed by atoms with Crippen LogP contribution in [0.1, 0.15) is 72.7 Å². The number of nitrogens with zero attached hydrogens (tertiary/aromatic N) is 2. The molecule has 0 spiro atoms. The van der Waals surface area contributed by atoms with Gasteiger partial charge in [-0.3, -0.25) is 4.98 Å². The maximum atomic E-state index is 13.6. The first-order valence-electron chi connectivity index (χ1n) is 13.0. The molecule has 206 valence electrons. The van der Waals surface area contributed by atoms with Gasteiger partial charge in [-0.05, 0) is 106 Å². The van der Waals surface area contributed by atoms with Crippen molar-refractivity contribution >= 4 is 27.0 Å². The van der Waals surface area contributed by atoms with E-state index in [0.717, 1.165) is 39.1 Å². The fraction of sp³-hybridized carbons (Fsp3) is 0.355. The number of rotatable bonds is 8. The monoisotopic (exact) mass is 548 g/mol. The first kappa shape index (κ1) is 28.4. The summed E-state index contributed by atoms with van der Waals surface area (Å²) in [6.45, 7) is 14.9. The van der Waals surface area contributed by atoms with Gasteiger partial charge in [-0.15, -0.1) is 0 Å². The highest BCUT2D eigenvalue weighted by Crippen LogP contribution is 2.33. The van der Waals surface area contributed by atoms with E-state index in [-0.39, 0.29) is 10.8 Å². The maximum Gasteiger partial charge on any atom is 0.347 e. The Hall–Kier alpha value is -3.65. The van der Waals surface area contributed by atoms with Crippen LogP contribution in [0.25, 0.3) is 11.0 Å². The van der Waals surface area contributed by atoms with Crippen LogP contribution in [0.4, 0.5) is 0 Å². The molecule has 0 saturated heterocycles. The number of pyridine rings is 1. The van der Waals surface area contributed by atoms with Crippen LogP contribution < -0.4 is 4.74 Å². The van der Waals surface area contributed by atoms with E-state index in [1.807, 2.05) is 59.7 Å². The van der Waals surface area contributed by atoms with Gasteiger partial charge in [-0.2, -0.15) is 0 Å². The highest BCUT2D eigenvalue weighted by atomic mass is 32.2. The predicted molar refractivity (Wildman–Crippen MR) is 153 cm³/mol. The van der Waals surface area contributed by atoms with E-state index in [2.05, 4.69) is 0 Å². The molecule has 2 aromatic carbocycles. The number of ether oxygens (including phenoxy) is 1. The molecule has 0 radical (unpaired) electrons. The minimum absolute atomic E-state index is 0.0736. The number of fused-ring (bicyclic) bond motifs is 1. The summed E-state index contributed by atoms with van der Waals surface area (Å²) in [5, 5.41) is 9.48. The normalized spacial score (nSPS) is 12.3. The Labute approximate surface area is 230 Å². The lowest BCUT2D eigenvalue weighted by molar-refractivity contribution is -0.152. The summed E-state index contributed by atoms with van der Waals surface area (Å²) in [6, 6.07) is 12.4. The average molecular weight is 549 g/mol. The van der Waals surface area contributed by atoms with Crippen molar-refractivity contribution in [1.82, 2.24) is 8.96 Å². The molecule has 4 aromatic rings. The summed E-state index contributed by atoms with van der Waals surface area (Å²) < 4.78 is 34.3. The van der Waals surface area contributed by atoms with Crippen LogP contribution in [0.5, 0.6) is 5.75 Å². The minimum Gasteiger partial charge on any atom is -0.478 e. The number of carboxylic acid groups (broad SMARTS) is 1. The molecule has 0 aliphatic carbocycles. The third-order valence-electron chi connectivity index (χ3n) is 7.35. The van der Waals surface area contributed by atoms with Crippen LogP contribution in [0, 0.1) is 27.7 Å². The quantitative estimate of drug-likeness (QED) is 0.271. The third kappa shape index (κ3) is 5.30. The Balaban J connectivity index is 1.77. The smallest absolute Gasteiger partial charge is 0.347 e. The number of carbonyl (C=O) groups is 1. The highest BCUT2D eigenvalue weighted by Gasteiger charge is 2.30. The predicted octanol–water partition coefficient (Wildman–Crippen LogP) is 6.46. The molecule has 8 heteroatoms. The number of aromatic nitrogens is 2. The molecule has 0 bridgehead atoms. The number of aliphatic carboxylic acids is 1. The maximum absolute atomic E-state index is 13.6. The summed E-state index contributed by atoms with van der Waals surface area (Å²) in [5.74, 6) is -0.412. The molecule has 0 aliphatic rings. The van der Waals surface area contributed by atoms with Crippen molar-refractivity contribution in [3.63, 3.8) is 0 Å². The number of carboxylic acids is 1. The van der Waals surface area contributed by atoms with Crippen LogP contribution in [0.3, 0.4) is 0 Å². The van der Waals surface area contributed by atoms with Gasteiger partial charge in [-0.1, -0.05) is 31.5 Å². The Kier molecular flexibility index (Phi) is 7.38. The van der Waals surface area contributed by atoms with E-state index in [0.29, 0.717) is 23.2 Å². The second kappa shape index (κ2) is 10.2. The molecule has 2 heterocycles. The summed E-state index contributed by atoms with van der Waals surface area (Å²) in [5.41, 5.74) is 6.49. The van der Waals surface area contributed by atoms with Gasteiger partial charge in [0, 0.05) is 18.3 Å². The van der Waals surface area contributed by atoms with Gasteiger partial charge in [0.25, 0.3) is 10.0 Å². The fourth-order valence-corrected chi connectivity index (χ4v) is 6.03. The lowest BCUT2D eigenvalue weighted by Crippen LogP contribution is -2.38. The van der Waals surface area contributed by atoms with Gasteiger partial charge in [-0.25, -0.2) is 17.2 Å². The molecule has 39 heavy (non-hydrogen) atoms. The molecule has 7 nitrogen and oxygen atoms in total. The van der Waals surface area contributed by atoms with Gasteiger partial charge in [0.05, 0.1) is 15.9 Å². The summed E-state index contributed by atoms with van der Waals surface area (Å²) >= 11 is 0. The molecular formula is C31H36N2O5S. The summed E-state index contributed by atoms with van der Waals surface area (Å²) in [6.07, 6.45) is 2.24. The summed E-state index contributed by atoms with van der Waals surface area (Å²) in [7, 11) is -3.79. The Morgan fingerprint density at radius 3 is 2.26 bits per heavy atom. The molecule has 0 aliphatic heterocycles. The highest BCUT2D eigenvalue weighted by molar-refractivity contribution is 7.90. The van der Waals surface area contributed by atoms with Gasteiger partial charge in [0.2, 0.25) is 0 Å². The standard InChI is InChI=1S/C31H36N2O5S/c1-18(2)26-17-33(39(36,37)24-12-9-19(3)10-13-24)27-14-11-23(32-29(26)27)16-25-20(4)15-28(22(6)21(25)5)38-31(7,8)30(34)35/h9-15,17-18H,16H2,1-8H3,(H,34,35). The second-order valence-electron chi connectivity index (χ2n) is 11.0. The van der Waals surface area contributed by atoms with Crippen molar-refractivity contribution in [2.45, 2.75) is 78.2 Å². The van der Waals surface area contributed by atoms with E-state index in [1.165, 1.54) is 17.8 Å². The Bertz CT molecular complexity index is 1680. The van der Waals surface area contributed by atoms with Crippen LogP contribution >= 0.6 is 0 Å². The van der Waals surface area contributed by atoms with Crippen molar-refractivity contribution in [1.29, 1.82) is 0 Å². The third-order valence-corrected chi connectivity index (χ3v) is 9.03. The van der Waals surface area contributed by atoms with Crippen molar-refractivity contribution in [2.24, 2.45) is 0 Å². The molecule has 4 rings (SSSR count). The number of benzene rings is 2. The van der Waals surface area contributed by atoms with E-state index >= 15 is 0 Å². The molecule has 0 atom stereocenters. The lowest BCUT2D eigenvalue weighted by atomic mass is 9.93. The van der Waals surface area contributed by atoms with E-state index in [9.17, 15) is 18.3 Å². The van der Waals surface area contributed by atoms with E-state index in [1.54, 1.807) is 30.5 Å². The number of hydrogen-bond donors (Lipinski definition) is 1. The van der Waals surface area contributed by atoms with Crippen molar-refractivity contribution in [3.05, 3.63) is 87.7 Å². The molecule has 2 aromatic heterocycles. The second-order valence-corrected chi connectivity index (χ2v) is 12.9. The topological polar surface area (TPSA) is 98.5 Å². The van der Waals surface area contributed by atoms with Crippen LogP contribution in [0.2, 0.25) is 0 Å². The van der Waals surface area contributed by atoms with E-state index < -0.39 is 21.6 Å². The Morgan fingerprint density at radius 2 is 1.67 bits per heavy atom. The average Bonchev–Trinajstić information content (AvgIpc) is 3.25. The SMILES string of the molecule is Cc1ccc(S(=O)(=O)n2cc(C(C)C)c3nc(Cc4c(C)cc(OC(C)(C)C(=O)O)c(C)c4C)ccc32)cc1. The lowest BCUT2D eigenvalue weighted by Gasteiger charge is -2.25. The van der Waals surface area contributed by atoms with Crippen molar-refractivity contribution < 1.29 is 23.1 Å². The molecule has 0 amide bonds. The van der Waals surface area contributed by atoms with Gasteiger partial charge >= 0.3 is 5.97 Å². The van der Waals surface area contributed by atoms with Crippen LogP contribution in [-0.2, 0) is 21.2 Å². The largest absolute Gasteiger partial charge is 0.478 e. The zero-order chi connectivity index (χ0) is 28.9. The minimum atomic E-state index is -3.79. The number of aryl methyl sites for hydroxylation is 2. The Morgan fingerprint density at radius 1 is 1.03 bits per heavy atom. The van der Waals surface area contributed by atoms with Gasteiger partial charge in [0.1, 0.15) is 5.75 Å². The molecular weight excluding hydrogens is 512 g/mol. The molecule has 0 unspecified atom stereocenters. The first-order valence-corrected chi connectivity index (χ1v) is 14.4.